The predicted octanol–water partition coefficient (Wildman–Crippen LogP) is 2.84. The van der Waals surface area contributed by atoms with E-state index in [1.54, 1.807) is 0 Å². The number of nitrogens with one attached hydrogen (secondary N) is 1. The fourth-order valence-corrected chi connectivity index (χ4v) is 2.65. The van der Waals surface area contributed by atoms with Crippen LogP contribution in [0.25, 0.3) is 0 Å². The summed E-state index contributed by atoms with van der Waals surface area (Å²) >= 11 is 0. The number of benzene rings is 1. The Labute approximate surface area is 141 Å². The van der Waals surface area contributed by atoms with Gasteiger partial charge in [-0.1, -0.05) is 0 Å². The van der Waals surface area contributed by atoms with Crippen molar-refractivity contribution in [3.8, 4) is 0 Å². The smallest absolute Gasteiger partial charge is 0.390 e. The van der Waals surface area contributed by atoms with E-state index in [-0.39, 0.29) is 25.5 Å². The molecule has 0 radical (unpaired) electrons. The first kappa shape index (κ1) is 21.0. The number of nitrogens with zero attached hydrogens (tertiary/aromatic N) is 1. The molecule has 138 valence electrons. The van der Waals surface area contributed by atoms with Crippen LogP contribution < -0.4 is 5.32 Å². The number of halogens is 7. The topological polar surface area (TPSA) is 35.5 Å². The molecule has 0 aromatic heterocycles. The van der Waals surface area contributed by atoms with Gasteiger partial charge >= 0.3 is 6.18 Å². The summed E-state index contributed by atoms with van der Waals surface area (Å²) in [6.45, 7) is -0.680. The fourth-order valence-electron chi connectivity index (χ4n) is 2.65. The van der Waals surface area contributed by atoms with E-state index in [2.05, 4.69) is 5.32 Å². The van der Waals surface area contributed by atoms with Crippen LogP contribution in [0.3, 0.4) is 0 Å². The SMILES string of the molecule is Cl.OCC(F)(F)[C@H](c1cc(C(F)(F)F)ccc1F)N1CCNCC1. The minimum Gasteiger partial charge on any atom is -0.390 e. The second-order valence-electron chi connectivity index (χ2n) is 5.34. The quantitative estimate of drug-likeness (QED) is 0.791. The molecule has 3 nitrogen and oxygen atoms in total. The third-order valence-corrected chi connectivity index (χ3v) is 3.75. The van der Waals surface area contributed by atoms with Crippen LogP contribution in [0.2, 0.25) is 0 Å². The third-order valence-electron chi connectivity index (χ3n) is 3.75. The van der Waals surface area contributed by atoms with Gasteiger partial charge in [-0.2, -0.15) is 13.2 Å². The van der Waals surface area contributed by atoms with Crippen molar-refractivity contribution in [1.29, 1.82) is 0 Å². The monoisotopic (exact) mass is 378 g/mol. The van der Waals surface area contributed by atoms with E-state index in [0.29, 0.717) is 31.3 Å². The molecule has 1 aromatic rings. The molecule has 1 heterocycles. The summed E-state index contributed by atoms with van der Waals surface area (Å²) in [6, 6.07) is -0.533. The minimum absolute atomic E-state index is 0. The van der Waals surface area contributed by atoms with Gasteiger partial charge in [0.15, 0.2) is 0 Å². The number of hydrogen-bond donors (Lipinski definition) is 2. The molecule has 1 atom stereocenters. The Kier molecular flexibility index (Phi) is 6.92. The highest BCUT2D eigenvalue weighted by molar-refractivity contribution is 5.85. The largest absolute Gasteiger partial charge is 0.416 e. The first-order chi connectivity index (χ1) is 10.7. The first-order valence-electron chi connectivity index (χ1n) is 6.97. The van der Waals surface area contributed by atoms with E-state index in [4.69, 9.17) is 5.11 Å². The van der Waals surface area contributed by atoms with Gasteiger partial charge in [-0.3, -0.25) is 4.90 Å². The van der Waals surface area contributed by atoms with Crippen LogP contribution in [-0.4, -0.2) is 48.7 Å². The van der Waals surface area contributed by atoms with Gasteiger partial charge in [0, 0.05) is 31.7 Å². The Balaban J connectivity index is 0.00000288. The lowest BCUT2D eigenvalue weighted by molar-refractivity contribution is -0.138. The highest BCUT2D eigenvalue weighted by Crippen LogP contribution is 2.40. The minimum atomic E-state index is -4.77. The summed E-state index contributed by atoms with van der Waals surface area (Å²) in [5.74, 6) is -4.93. The van der Waals surface area contributed by atoms with Crippen molar-refractivity contribution < 1.29 is 31.4 Å². The van der Waals surface area contributed by atoms with E-state index in [1.807, 2.05) is 0 Å². The molecule has 0 spiro atoms. The summed E-state index contributed by atoms with van der Waals surface area (Å²) in [5, 5.41) is 11.9. The third kappa shape index (κ3) is 4.53. The molecule has 1 fully saturated rings. The van der Waals surface area contributed by atoms with Crippen LogP contribution >= 0.6 is 12.4 Å². The maximum Gasteiger partial charge on any atom is 0.416 e. The Morgan fingerprint density at radius 3 is 2.21 bits per heavy atom. The van der Waals surface area contributed by atoms with Crippen molar-refractivity contribution in [2.45, 2.75) is 18.1 Å². The molecule has 24 heavy (non-hydrogen) atoms. The summed E-state index contributed by atoms with van der Waals surface area (Å²) < 4.78 is 80.7. The second kappa shape index (κ2) is 7.90. The Bertz CT molecular complexity index is 549. The Morgan fingerprint density at radius 1 is 1.12 bits per heavy atom. The predicted molar refractivity (Wildman–Crippen MR) is 77.9 cm³/mol. The number of alkyl halides is 5. The van der Waals surface area contributed by atoms with Crippen molar-refractivity contribution in [3.05, 3.63) is 35.1 Å². The van der Waals surface area contributed by atoms with E-state index < -0.39 is 41.7 Å². The number of piperazine rings is 1. The molecule has 2 N–H and O–H groups in total. The molecule has 10 heteroatoms. The van der Waals surface area contributed by atoms with E-state index >= 15 is 0 Å². The molecular formula is C14H17ClF6N2O. The van der Waals surface area contributed by atoms with Gasteiger partial charge in [0.25, 0.3) is 5.92 Å². The maximum atomic E-state index is 14.1. The zero-order chi connectivity index (χ0) is 17.3. The van der Waals surface area contributed by atoms with E-state index in [0.717, 1.165) is 0 Å². The zero-order valence-corrected chi connectivity index (χ0v) is 13.2. The van der Waals surface area contributed by atoms with Crippen LogP contribution in [0.4, 0.5) is 26.3 Å². The Morgan fingerprint density at radius 2 is 1.71 bits per heavy atom. The van der Waals surface area contributed by atoms with Gasteiger partial charge in [-0.25, -0.2) is 13.2 Å². The summed E-state index contributed by atoms with van der Waals surface area (Å²) in [5.41, 5.74) is -1.97. The fraction of sp³-hybridized carbons (Fsp3) is 0.571. The average molecular weight is 379 g/mol. The number of aliphatic hydroxyl groups is 1. The van der Waals surface area contributed by atoms with Gasteiger partial charge in [-0.15, -0.1) is 12.4 Å². The highest BCUT2D eigenvalue weighted by Gasteiger charge is 2.46. The summed E-state index contributed by atoms with van der Waals surface area (Å²) in [4.78, 5) is 1.19. The molecule has 0 saturated carbocycles. The van der Waals surface area contributed by atoms with E-state index in [1.165, 1.54) is 4.90 Å². The van der Waals surface area contributed by atoms with Crippen molar-refractivity contribution in [1.82, 2.24) is 10.2 Å². The van der Waals surface area contributed by atoms with Crippen LogP contribution in [0.15, 0.2) is 18.2 Å². The molecule has 0 unspecified atom stereocenters. The number of hydrogen-bond acceptors (Lipinski definition) is 3. The highest BCUT2D eigenvalue weighted by atomic mass is 35.5. The second-order valence-corrected chi connectivity index (χ2v) is 5.34. The lowest BCUT2D eigenvalue weighted by Crippen LogP contribution is -2.51. The van der Waals surface area contributed by atoms with E-state index in [9.17, 15) is 26.3 Å². The van der Waals surface area contributed by atoms with Crippen molar-refractivity contribution in [2.24, 2.45) is 0 Å². The maximum absolute atomic E-state index is 14.1. The molecule has 1 saturated heterocycles. The molecule has 1 aromatic carbocycles. The van der Waals surface area contributed by atoms with Crippen molar-refractivity contribution >= 4 is 12.4 Å². The van der Waals surface area contributed by atoms with Gasteiger partial charge in [0.05, 0.1) is 5.56 Å². The molecule has 0 aliphatic carbocycles. The molecule has 0 amide bonds. The lowest BCUT2D eigenvalue weighted by atomic mass is 9.95. The lowest BCUT2D eigenvalue weighted by Gasteiger charge is -2.39. The summed E-state index contributed by atoms with van der Waals surface area (Å²) in [7, 11) is 0. The van der Waals surface area contributed by atoms with Crippen molar-refractivity contribution in [2.75, 3.05) is 32.8 Å². The van der Waals surface area contributed by atoms with Gasteiger partial charge < -0.3 is 10.4 Å². The molecular weight excluding hydrogens is 362 g/mol. The molecule has 1 aliphatic heterocycles. The average Bonchev–Trinajstić information content (AvgIpc) is 2.49. The van der Waals surface area contributed by atoms with Crippen LogP contribution in [0, 0.1) is 5.82 Å². The first-order valence-corrected chi connectivity index (χ1v) is 6.97. The molecule has 1 aliphatic rings. The summed E-state index contributed by atoms with van der Waals surface area (Å²) in [6.07, 6.45) is -4.77. The number of aliphatic hydroxyl groups excluding tert-OH is 1. The number of rotatable bonds is 4. The van der Waals surface area contributed by atoms with Crippen LogP contribution in [-0.2, 0) is 6.18 Å². The van der Waals surface area contributed by atoms with Gasteiger partial charge in [-0.05, 0) is 18.2 Å². The van der Waals surface area contributed by atoms with Crippen LogP contribution in [0.1, 0.15) is 17.2 Å². The Hall–Kier alpha value is -1.03. The molecule has 0 bridgehead atoms. The van der Waals surface area contributed by atoms with Gasteiger partial charge in [0.1, 0.15) is 18.5 Å². The normalized spacial score (nSPS) is 18.1. The molecule has 2 rings (SSSR count). The van der Waals surface area contributed by atoms with Crippen molar-refractivity contribution in [3.63, 3.8) is 0 Å². The standard InChI is InChI=1S/C14H16F6N2O.ClH/c15-11-2-1-9(14(18,19)20)7-10(11)12(13(16,17)8-23)22-5-3-21-4-6-22;/h1-2,7,12,21,23H,3-6,8H2;1H/t12-;/m0./s1. The van der Waals surface area contributed by atoms with Crippen LogP contribution in [0.5, 0.6) is 0 Å². The zero-order valence-electron chi connectivity index (χ0n) is 12.4. The van der Waals surface area contributed by atoms with Gasteiger partial charge in [0.2, 0.25) is 0 Å².